The van der Waals surface area contributed by atoms with Gasteiger partial charge in [0.15, 0.2) is 0 Å². The summed E-state index contributed by atoms with van der Waals surface area (Å²) in [5.41, 5.74) is 2.10. The third-order valence-electron chi connectivity index (χ3n) is 3.73. The largest absolute Gasteiger partial charge is 0.355 e. The van der Waals surface area contributed by atoms with E-state index >= 15 is 0 Å². The second-order valence-corrected chi connectivity index (χ2v) is 5.09. The number of amides is 2. The van der Waals surface area contributed by atoms with Gasteiger partial charge in [0.2, 0.25) is 5.91 Å². The van der Waals surface area contributed by atoms with Crippen molar-refractivity contribution in [1.29, 1.82) is 0 Å². The lowest BCUT2D eigenvalue weighted by Gasteiger charge is -2.22. The van der Waals surface area contributed by atoms with E-state index in [2.05, 4.69) is 16.0 Å². The minimum absolute atomic E-state index is 0.00630. The van der Waals surface area contributed by atoms with Crippen LogP contribution in [0.4, 0.5) is 5.69 Å². The van der Waals surface area contributed by atoms with E-state index in [0.29, 0.717) is 11.3 Å². The fourth-order valence-corrected chi connectivity index (χ4v) is 2.46. The van der Waals surface area contributed by atoms with E-state index < -0.39 is 0 Å². The van der Waals surface area contributed by atoms with Crippen molar-refractivity contribution in [2.24, 2.45) is 5.92 Å². The first-order chi connectivity index (χ1) is 9.63. The highest BCUT2D eigenvalue weighted by molar-refractivity contribution is 5.99. The van der Waals surface area contributed by atoms with E-state index in [1.807, 2.05) is 13.0 Å². The molecule has 0 radical (unpaired) electrons. The molecule has 3 N–H and O–H groups in total. The quantitative estimate of drug-likeness (QED) is 0.778. The SMILES string of the molecule is CNC(=O)c1cccc(NC(=O)[C@@H]2CCCNC2)c1C. The third kappa shape index (κ3) is 3.17. The maximum absolute atomic E-state index is 12.2. The lowest BCUT2D eigenvalue weighted by molar-refractivity contribution is -0.120. The Bertz CT molecular complexity index is 508. The van der Waals surface area contributed by atoms with Gasteiger partial charge in [0.05, 0.1) is 5.92 Å². The minimum atomic E-state index is -0.141. The second kappa shape index (κ2) is 6.52. The summed E-state index contributed by atoms with van der Waals surface area (Å²) in [6.45, 7) is 3.55. The highest BCUT2D eigenvalue weighted by atomic mass is 16.2. The Labute approximate surface area is 119 Å². The number of rotatable bonds is 3. The molecule has 108 valence electrons. The van der Waals surface area contributed by atoms with Gasteiger partial charge in [-0.15, -0.1) is 0 Å². The molecule has 1 aliphatic rings. The van der Waals surface area contributed by atoms with Gasteiger partial charge in [-0.1, -0.05) is 6.07 Å². The van der Waals surface area contributed by atoms with Gasteiger partial charge in [-0.25, -0.2) is 0 Å². The lowest BCUT2D eigenvalue weighted by Crippen LogP contribution is -2.37. The summed E-state index contributed by atoms with van der Waals surface area (Å²) in [4.78, 5) is 24.0. The molecule has 0 aromatic heterocycles. The highest BCUT2D eigenvalue weighted by Crippen LogP contribution is 2.21. The summed E-state index contributed by atoms with van der Waals surface area (Å²) in [6.07, 6.45) is 1.93. The summed E-state index contributed by atoms with van der Waals surface area (Å²) in [6, 6.07) is 5.37. The molecule has 0 spiro atoms. The molecule has 20 heavy (non-hydrogen) atoms. The van der Waals surface area contributed by atoms with Crippen LogP contribution in [0.15, 0.2) is 18.2 Å². The molecule has 0 aliphatic carbocycles. The topological polar surface area (TPSA) is 70.2 Å². The van der Waals surface area contributed by atoms with Crippen LogP contribution in [-0.4, -0.2) is 32.0 Å². The summed E-state index contributed by atoms with van der Waals surface area (Å²) in [7, 11) is 1.60. The molecule has 0 saturated carbocycles. The number of benzene rings is 1. The number of piperidine rings is 1. The summed E-state index contributed by atoms with van der Waals surface area (Å²) < 4.78 is 0. The Kier molecular flexibility index (Phi) is 4.74. The van der Waals surface area contributed by atoms with Crippen LogP contribution in [0, 0.1) is 12.8 Å². The molecule has 0 unspecified atom stereocenters. The van der Waals surface area contributed by atoms with E-state index in [4.69, 9.17) is 0 Å². The van der Waals surface area contributed by atoms with E-state index in [9.17, 15) is 9.59 Å². The molecule has 1 fully saturated rings. The number of carbonyl (C=O) groups excluding carboxylic acids is 2. The van der Waals surface area contributed by atoms with Crippen LogP contribution in [0.3, 0.4) is 0 Å². The zero-order valence-electron chi connectivity index (χ0n) is 12.0. The van der Waals surface area contributed by atoms with Gasteiger partial charge < -0.3 is 16.0 Å². The molecule has 5 nitrogen and oxygen atoms in total. The predicted octanol–water partition coefficient (Wildman–Crippen LogP) is 1.29. The third-order valence-corrected chi connectivity index (χ3v) is 3.73. The summed E-state index contributed by atoms with van der Waals surface area (Å²) >= 11 is 0. The maximum Gasteiger partial charge on any atom is 0.251 e. The molecule has 1 heterocycles. The predicted molar refractivity (Wildman–Crippen MR) is 78.8 cm³/mol. The van der Waals surface area contributed by atoms with Crippen LogP contribution >= 0.6 is 0 Å². The monoisotopic (exact) mass is 275 g/mol. The zero-order valence-corrected chi connectivity index (χ0v) is 12.0. The fraction of sp³-hybridized carbons (Fsp3) is 0.467. The Morgan fingerprint density at radius 3 is 2.80 bits per heavy atom. The van der Waals surface area contributed by atoms with Crippen LogP contribution in [0.5, 0.6) is 0 Å². The van der Waals surface area contributed by atoms with E-state index in [0.717, 1.165) is 31.5 Å². The Morgan fingerprint density at radius 2 is 2.15 bits per heavy atom. The van der Waals surface area contributed by atoms with Crippen LogP contribution in [-0.2, 0) is 4.79 Å². The summed E-state index contributed by atoms with van der Waals surface area (Å²) in [5.74, 6) is -0.112. The Balaban J connectivity index is 2.12. The molecule has 0 bridgehead atoms. The fourth-order valence-electron chi connectivity index (χ4n) is 2.46. The Morgan fingerprint density at radius 1 is 1.35 bits per heavy atom. The second-order valence-electron chi connectivity index (χ2n) is 5.09. The standard InChI is InChI=1S/C15H21N3O2/c1-10-12(15(20)16-2)6-3-7-13(10)18-14(19)11-5-4-8-17-9-11/h3,6-7,11,17H,4-5,8-9H2,1-2H3,(H,16,20)(H,18,19)/t11-/m1/s1. The van der Waals surface area contributed by atoms with E-state index in [-0.39, 0.29) is 17.7 Å². The van der Waals surface area contributed by atoms with Gasteiger partial charge >= 0.3 is 0 Å². The minimum Gasteiger partial charge on any atom is -0.355 e. The molecule has 1 aliphatic heterocycles. The molecular weight excluding hydrogens is 254 g/mol. The molecule has 2 rings (SSSR count). The van der Waals surface area contributed by atoms with Crippen LogP contribution < -0.4 is 16.0 Å². The molecule has 2 amide bonds. The van der Waals surface area contributed by atoms with Gasteiger partial charge in [0, 0.05) is 24.8 Å². The molecule has 1 aromatic rings. The smallest absolute Gasteiger partial charge is 0.251 e. The van der Waals surface area contributed by atoms with Crippen molar-refractivity contribution in [1.82, 2.24) is 10.6 Å². The number of anilines is 1. The number of hydrogen-bond donors (Lipinski definition) is 3. The average molecular weight is 275 g/mol. The normalized spacial score (nSPS) is 18.4. The highest BCUT2D eigenvalue weighted by Gasteiger charge is 2.21. The first-order valence-corrected chi connectivity index (χ1v) is 6.96. The zero-order chi connectivity index (χ0) is 14.5. The van der Waals surface area contributed by atoms with Crippen LogP contribution in [0.25, 0.3) is 0 Å². The molecule has 1 aromatic carbocycles. The molecular formula is C15H21N3O2. The average Bonchev–Trinajstić information content (AvgIpc) is 2.49. The first-order valence-electron chi connectivity index (χ1n) is 6.96. The molecule has 1 saturated heterocycles. The maximum atomic E-state index is 12.2. The van der Waals surface area contributed by atoms with Gasteiger partial charge in [-0.05, 0) is 44.0 Å². The van der Waals surface area contributed by atoms with Crippen molar-refractivity contribution in [3.8, 4) is 0 Å². The van der Waals surface area contributed by atoms with Crippen molar-refractivity contribution in [3.05, 3.63) is 29.3 Å². The van der Waals surface area contributed by atoms with Gasteiger partial charge in [0.25, 0.3) is 5.91 Å². The van der Waals surface area contributed by atoms with Crippen molar-refractivity contribution in [2.45, 2.75) is 19.8 Å². The van der Waals surface area contributed by atoms with Gasteiger partial charge in [-0.2, -0.15) is 0 Å². The molecule has 1 atom stereocenters. The van der Waals surface area contributed by atoms with Crippen molar-refractivity contribution < 1.29 is 9.59 Å². The van der Waals surface area contributed by atoms with Gasteiger partial charge in [0.1, 0.15) is 0 Å². The van der Waals surface area contributed by atoms with Crippen molar-refractivity contribution in [3.63, 3.8) is 0 Å². The number of carbonyl (C=O) groups is 2. The lowest BCUT2D eigenvalue weighted by atomic mass is 9.98. The molecule has 5 heteroatoms. The van der Waals surface area contributed by atoms with Crippen LogP contribution in [0.2, 0.25) is 0 Å². The van der Waals surface area contributed by atoms with E-state index in [1.54, 1.807) is 19.2 Å². The number of nitrogens with one attached hydrogen (secondary N) is 3. The van der Waals surface area contributed by atoms with E-state index in [1.165, 1.54) is 0 Å². The van der Waals surface area contributed by atoms with Crippen molar-refractivity contribution >= 4 is 17.5 Å². The van der Waals surface area contributed by atoms with Crippen LogP contribution in [0.1, 0.15) is 28.8 Å². The summed E-state index contributed by atoms with van der Waals surface area (Å²) in [5, 5.41) is 8.77. The first kappa shape index (κ1) is 14.5. The number of hydrogen-bond acceptors (Lipinski definition) is 3. The van der Waals surface area contributed by atoms with Gasteiger partial charge in [-0.3, -0.25) is 9.59 Å². The Hall–Kier alpha value is -1.88. The van der Waals surface area contributed by atoms with Crippen molar-refractivity contribution in [2.75, 3.05) is 25.5 Å².